The summed E-state index contributed by atoms with van der Waals surface area (Å²) in [6.07, 6.45) is 5.70. The highest BCUT2D eigenvalue weighted by atomic mass is 16.5. The molecular formula is C13H24N2O2. The molecule has 2 atom stereocenters. The van der Waals surface area contributed by atoms with E-state index in [0.717, 1.165) is 39.1 Å². The molecule has 17 heavy (non-hydrogen) atoms. The van der Waals surface area contributed by atoms with Crippen LogP contribution in [0.25, 0.3) is 0 Å². The zero-order valence-electron chi connectivity index (χ0n) is 10.8. The molecule has 1 N–H and O–H groups in total. The quantitative estimate of drug-likeness (QED) is 0.800. The van der Waals surface area contributed by atoms with E-state index in [0.29, 0.717) is 11.8 Å². The van der Waals surface area contributed by atoms with Gasteiger partial charge in [-0.25, -0.2) is 0 Å². The van der Waals surface area contributed by atoms with E-state index in [9.17, 15) is 4.79 Å². The minimum atomic E-state index is 0.0741. The summed E-state index contributed by atoms with van der Waals surface area (Å²) in [6, 6.07) is 0.0741. The number of carbonyl (C=O) groups excluding carboxylic acids is 1. The molecule has 1 amide bonds. The number of nitrogens with one attached hydrogen (secondary N) is 1. The van der Waals surface area contributed by atoms with Crippen LogP contribution in [0.2, 0.25) is 0 Å². The standard InChI is InChI=1S/C13H24N2O2/c1-17-10-11-5-4-8-15(9-11)13(16)12-6-2-3-7-14-12/h11-12,14H,2-10H2,1H3/t11-,12-/m1/s1. The Kier molecular flexibility index (Phi) is 4.80. The Morgan fingerprint density at radius 3 is 2.94 bits per heavy atom. The van der Waals surface area contributed by atoms with E-state index in [1.807, 2.05) is 4.90 Å². The zero-order chi connectivity index (χ0) is 12.1. The maximum Gasteiger partial charge on any atom is 0.239 e. The van der Waals surface area contributed by atoms with Gasteiger partial charge in [-0.2, -0.15) is 0 Å². The molecule has 0 aromatic heterocycles. The van der Waals surface area contributed by atoms with E-state index in [-0.39, 0.29) is 6.04 Å². The molecule has 0 bridgehead atoms. The van der Waals surface area contributed by atoms with Crippen LogP contribution in [0.15, 0.2) is 0 Å². The largest absolute Gasteiger partial charge is 0.384 e. The minimum absolute atomic E-state index is 0.0741. The van der Waals surface area contributed by atoms with Crippen molar-refractivity contribution in [1.29, 1.82) is 0 Å². The molecule has 2 rings (SSSR count). The number of hydrogen-bond donors (Lipinski definition) is 1. The van der Waals surface area contributed by atoms with Crippen LogP contribution in [-0.4, -0.2) is 50.2 Å². The van der Waals surface area contributed by atoms with Gasteiger partial charge in [0.25, 0.3) is 0 Å². The van der Waals surface area contributed by atoms with Crippen molar-refractivity contribution in [2.75, 3.05) is 33.4 Å². The summed E-state index contributed by atoms with van der Waals surface area (Å²) in [7, 11) is 1.74. The van der Waals surface area contributed by atoms with Crippen molar-refractivity contribution in [1.82, 2.24) is 10.2 Å². The predicted octanol–water partition coefficient (Wildman–Crippen LogP) is 1.01. The predicted molar refractivity (Wildman–Crippen MR) is 66.8 cm³/mol. The monoisotopic (exact) mass is 240 g/mol. The summed E-state index contributed by atoms with van der Waals surface area (Å²) in [5.41, 5.74) is 0. The number of nitrogens with zero attached hydrogens (tertiary/aromatic N) is 1. The lowest BCUT2D eigenvalue weighted by Crippen LogP contribution is -2.51. The lowest BCUT2D eigenvalue weighted by Gasteiger charge is -2.35. The number of likely N-dealkylation sites (tertiary alicyclic amines) is 1. The first-order chi connectivity index (χ1) is 8.31. The van der Waals surface area contributed by atoms with Gasteiger partial charge in [0.15, 0.2) is 0 Å². The first-order valence-electron chi connectivity index (χ1n) is 6.82. The van der Waals surface area contributed by atoms with Gasteiger partial charge in [0.2, 0.25) is 5.91 Å². The molecule has 2 aliphatic rings. The second-order valence-corrected chi connectivity index (χ2v) is 5.25. The molecule has 2 heterocycles. The van der Waals surface area contributed by atoms with E-state index in [4.69, 9.17) is 4.74 Å². The number of ether oxygens (including phenoxy) is 1. The minimum Gasteiger partial charge on any atom is -0.384 e. The van der Waals surface area contributed by atoms with Crippen molar-refractivity contribution in [3.63, 3.8) is 0 Å². The highest BCUT2D eigenvalue weighted by molar-refractivity contribution is 5.82. The first-order valence-corrected chi connectivity index (χ1v) is 6.82. The summed E-state index contributed by atoms with van der Waals surface area (Å²) in [6.45, 7) is 3.58. The fraction of sp³-hybridized carbons (Fsp3) is 0.923. The molecule has 4 heteroatoms. The maximum absolute atomic E-state index is 12.3. The van der Waals surface area contributed by atoms with Gasteiger partial charge in [-0.3, -0.25) is 4.79 Å². The number of hydrogen-bond acceptors (Lipinski definition) is 3. The second kappa shape index (κ2) is 6.36. The lowest BCUT2D eigenvalue weighted by molar-refractivity contribution is -0.136. The van der Waals surface area contributed by atoms with Gasteiger partial charge in [-0.1, -0.05) is 6.42 Å². The van der Waals surface area contributed by atoms with Gasteiger partial charge < -0.3 is 15.0 Å². The topological polar surface area (TPSA) is 41.6 Å². The highest BCUT2D eigenvalue weighted by Gasteiger charge is 2.29. The molecule has 0 aromatic rings. The summed E-state index contributed by atoms with van der Waals surface area (Å²) >= 11 is 0. The maximum atomic E-state index is 12.3. The molecule has 0 aliphatic carbocycles. The molecule has 2 saturated heterocycles. The number of methoxy groups -OCH3 is 1. The lowest BCUT2D eigenvalue weighted by atomic mass is 9.97. The number of piperidine rings is 2. The molecule has 2 fully saturated rings. The van der Waals surface area contributed by atoms with Crippen molar-refractivity contribution >= 4 is 5.91 Å². The average Bonchev–Trinajstić information content (AvgIpc) is 2.40. The fourth-order valence-corrected chi connectivity index (χ4v) is 2.92. The highest BCUT2D eigenvalue weighted by Crippen LogP contribution is 2.19. The molecule has 0 unspecified atom stereocenters. The number of carbonyl (C=O) groups is 1. The molecule has 0 radical (unpaired) electrons. The van der Waals surface area contributed by atoms with Crippen LogP contribution >= 0.6 is 0 Å². The molecule has 98 valence electrons. The van der Waals surface area contributed by atoms with Gasteiger partial charge in [0, 0.05) is 20.2 Å². The van der Waals surface area contributed by atoms with Gasteiger partial charge >= 0.3 is 0 Å². The van der Waals surface area contributed by atoms with Crippen LogP contribution in [0, 0.1) is 5.92 Å². The molecular weight excluding hydrogens is 216 g/mol. The van der Waals surface area contributed by atoms with Crippen molar-refractivity contribution in [3.05, 3.63) is 0 Å². The van der Waals surface area contributed by atoms with Crippen molar-refractivity contribution in [3.8, 4) is 0 Å². The Bertz CT molecular complexity index is 250. The fourth-order valence-electron chi connectivity index (χ4n) is 2.92. The third-order valence-corrected chi connectivity index (χ3v) is 3.84. The first kappa shape index (κ1) is 12.8. The average molecular weight is 240 g/mol. The Balaban J connectivity index is 1.85. The van der Waals surface area contributed by atoms with Gasteiger partial charge in [0.05, 0.1) is 12.6 Å². The van der Waals surface area contributed by atoms with E-state index in [2.05, 4.69) is 5.32 Å². The van der Waals surface area contributed by atoms with E-state index >= 15 is 0 Å². The molecule has 0 spiro atoms. The van der Waals surface area contributed by atoms with Crippen molar-refractivity contribution < 1.29 is 9.53 Å². The summed E-state index contributed by atoms with van der Waals surface area (Å²) in [5.74, 6) is 0.840. The smallest absolute Gasteiger partial charge is 0.239 e. The van der Waals surface area contributed by atoms with E-state index in [1.54, 1.807) is 7.11 Å². The zero-order valence-corrected chi connectivity index (χ0v) is 10.8. The number of amides is 1. The Morgan fingerprint density at radius 1 is 1.35 bits per heavy atom. The Hall–Kier alpha value is -0.610. The van der Waals surface area contributed by atoms with Crippen LogP contribution in [-0.2, 0) is 9.53 Å². The number of rotatable bonds is 3. The molecule has 2 aliphatic heterocycles. The summed E-state index contributed by atoms with van der Waals surface area (Å²) < 4.78 is 5.20. The summed E-state index contributed by atoms with van der Waals surface area (Å²) in [5, 5.41) is 3.34. The Labute approximate surface area is 104 Å². The van der Waals surface area contributed by atoms with Gasteiger partial charge in [-0.05, 0) is 38.1 Å². The Morgan fingerprint density at radius 2 is 2.24 bits per heavy atom. The third-order valence-electron chi connectivity index (χ3n) is 3.84. The molecule has 0 aromatic carbocycles. The second-order valence-electron chi connectivity index (χ2n) is 5.25. The SMILES string of the molecule is COC[C@@H]1CCCN(C(=O)[C@H]2CCCCN2)C1. The van der Waals surface area contributed by atoms with Gasteiger partial charge in [-0.15, -0.1) is 0 Å². The van der Waals surface area contributed by atoms with Crippen molar-refractivity contribution in [2.45, 2.75) is 38.1 Å². The van der Waals surface area contributed by atoms with Crippen LogP contribution in [0.3, 0.4) is 0 Å². The van der Waals surface area contributed by atoms with Crippen LogP contribution < -0.4 is 5.32 Å². The molecule has 4 nitrogen and oxygen atoms in total. The summed E-state index contributed by atoms with van der Waals surface area (Å²) in [4.78, 5) is 14.4. The van der Waals surface area contributed by atoms with E-state index in [1.165, 1.54) is 19.3 Å². The van der Waals surface area contributed by atoms with Crippen LogP contribution in [0.5, 0.6) is 0 Å². The molecule has 0 saturated carbocycles. The van der Waals surface area contributed by atoms with Crippen molar-refractivity contribution in [2.24, 2.45) is 5.92 Å². The van der Waals surface area contributed by atoms with Gasteiger partial charge in [0.1, 0.15) is 0 Å². The third kappa shape index (κ3) is 3.42. The van der Waals surface area contributed by atoms with Crippen LogP contribution in [0.4, 0.5) is 0 Å². The normalized spacial score (nSPS) is 30.3. The van der Waals surface area contributed by atoms with E-state index < -0.39 is 0 Å². The van der Waals surface area contributed by atoms with Crippen LogP contribution in [0.1, 0.15) is 32.1 Å².